The molecule has 0 amide bonds. The first-order valence-corrected chi connectivity index (χ1v) is 7.96. The summed E-state index contributed by atoms with van der Waals surface area (Å²) < 4.78 is 0. The van der Waals surface area contributed by atoms with Crippen LogP contribution in [-0.2, 0) is 0 Å². The molecular formula is C23H18. The van der Waals surface area contributed by atoms with Crippen molar-refractivity contribution in [3.8, 4) is 0 Å². The van der Waals surface area contributed by atoms with Crippen molar-refractivity contribution in [1.29, 1.82) is 0 Å². The van der Waals surface area contributed by atoms with Gasteiger partial charge in [0, 0.05) is 0 Å². The highest BCUT2D eigenvalue weighted by Gasteiger charge is 2.08. The van der Waals surface area contributed by atoms with Crippen molar-refractivity contribution in [2.45, 2.75) is 6.92 Å². The van der Waals surface area contributed by atoms with E-state index in [0.29, 0.717) is 0 Å². The standard InChI is InChI=1S/C23H18/c1-3-7-18-16(4-2)10-12-22-20(18)14-15-21-19-9-6-5-8-17(19)11-13-23(21)22/h3-15H,2H2,1H3/b7-3-. The summed E-state index contributed by atoms with van der Waals surface area (Å²) in [5, 5.41) is 7.80. The number of benzene rings is 4. The maximum absolute atomic E-state index is 3.95. The number of rotatable bonds is 2. The lowest BCUT2D eigenvalue weighted by atomic mass is 9.92. The zero-order valence-electron chi connectivity index (χ0n) is 13.2. The molecule has 0 heterocycles. The number of allylic oxidation sites excluding steroid dienone is 1. The lowest BCUT2D eigenvalue weighted by Crippen LogP contribution is -1.86. The average Bonchev–Trinajstić information content (AvgIpc) is 2.61. The van der Waals surface area contributed by atoms with E-state index in [-0.39, 0.29) is 0 Å². The third-order valence-electron chi connectivity index (χ3n) is 4.55. The monoisotopic (exact) mass is 294 g/mol. The molecule has 0 bridgehead atoms. The Labute approximate surface area is 136 Å². The zero-order chi connectivity index (χ0) is 15.8. The van der Waals surface area contributed by atoms with Crippen LogP contribution in [-0.4, -0.2) is 0 Å². The molecule has 0 heteroatoms. The highest BCUT2D eigenvalue weighted by atomic mass is 14.1. The molecule has 23 heavy (non-hydrogen) atoms. The van der Waals surface area contributed by atoms with Crippen LogP contribution in [0.25, 0.3) is 44.5 Å². The number of hydrogen-bond donors (Lipinski definition) is 0. The van der Waals surface area contributed by atoms with Crippen LogP contribution in [0.15, 0.2) is 73.3 Å². The summed E-state index contributed by atoms with van der Waals surface area (Å²) in [5.74, 6) is 0. The predicted molar refractivity (Wildman–Crippen MR) is 104 cm³/mol. The summed E-state index contributed by atoms with van der Waals surface area (Å²) in [7, 11) is 0. The van der Waals surface area contributed by atoms with Crippen molar-refractivity contribution < 1.29 is 0 Å². The molecule has 0 fully saturated rings. The SMILES string of the molecule is C=Cc1ccc2c(ccc3c4ccccc4ccc23)c1/C=C\C. The Morgan fingerprint density at radius 1 is 0.696 bits per heavy atom. The van der Waals surface area contributed by atoms with Gasteiger partial charge in [-0.15, -0.1) is 0 Å². The third kappa shape index (κ3) is 2.07. The molecule has 0 aliphatic carbocycles. The van der Waals surface area contributed by atoms with E-state index in [1.807, 2.05) is 6.08 Å². The first-order valence-electron chi connectivity index (χ1n) is 7.96. The Bertz CT molecular complexity index is 1080. The lowest BCUT2D eigenvalue weighted by Gasteiger charge is -2.11. The van der Waals surface area contributed by atoms with E-state index < -0.39 is 0 Å². The molecule has 4 rings (SSSR count). The predicted octanol–water partition coefficient (Wildman–Crippen LogP) is 6.82. The average molecular weight is 294 g/mol. The van der Waals surface area contributed by atoms with Gasteiger partial charge in [0.05, 0.1) is 0 Å². The molecule has 110 valence electrons. The highest BCUT2D eigenvalue weighted by molar-refractivity contribution is 6.18. The summed E-state index contributed by atoms with van der Waals surface area (Å²) in [6, 6.07) is 21.9. The van der Waals surface area contributed by atoms with Gasteiger partial charge in [-0.3, -0.25) is 0 Å². The van der Waals surface area contributed by atoms with Crippen LogP contribution in [0.5, 0.6) is 0 Å². The molecule has 0 spiro atoms. The van der Waals surface area contributed by atoms with Gasteiger partial charge in [0.1, 0.15) is 0 Å². The van der Waals surface area contributed by atoms with Gasteiger partial charge in [0.25, 0.3) is 0 Å². The lowest BCUT2D eigenvalue weighted by molar-refractivity contribution is 1.67. The van der Waals surface area contributed by atoms with E-state index >= 15 is 0 Å². The topological polar surface area (TPSA) is 0 Å². The molecule has 0 nitrogen and oxygen atoms in total. The number of hydrogen-bond acceptors (Lipinski definition) is 0. The Hall–Kier alpha value is -2.86. The second-order valence-electron chi connectivity index (χ2n) is 5.82. The Kier molecular flexibility index (Phi) is 3.24. The normalized spacial score (nSPS) is 11.7. The Morgan fingerprint density at radius 3 is 2.17 bits per heavy atom. The van der Waals surface area contributed by atoms with E-state index in [4.69, 9.17) is 0 Å². The van der Waals surface area contributed by atoms with Gasteiger partial charge in [-0.25, -0.2) is 0 Å². The minimum atomic E-state index is 1.18. The molecule has 0 saturated heterocycles. The van der Waals surface area contributed by atoms with Crippen molar-refractivity contribution >= 4 is 44.5 Å². The van der Waals surface area contributed by atoms with E-state index in [9.17, 15) is 0 Å². The summed E-state index contributed by atoms with van der Waals surface area (Å²) in [4.78, 5) is 0. The highest BCUT2D eigenvalue weighted by Crippen LogP contribution is 2.34. The van der Waals surface area contributed by atoms with Crippen LogP contribution in [0.2, 0.25) is 0 Å². The van der Waals surface area contributed by atoms with Gasteiger partial charge in [-0.05, 0) is 50.4 Å². The second kappa shape index (κ2) is 5.40. The largest absolute Gasteiger partial charge is 0.0984 e. The van der Waals surface area contributed by atoms with Crippen molar-refractivity contribution in [3.05, 3.63) is 84.4 Å². The Balaban J connectivity index is 2.20. The van der Waals surface area contributed by atoms with Crippen LogP contribution >= 0.6 is 0 Å². The molecule has 0 radical (unpaired) electrons. The smallest absolute Gasteiger partial charge is 0.00987 e. The fourth-order valence-electron chi connectivity index (χ4n) is 3.48. The molecule has 0 aromatic heterocycles. The van der Waals surface area contributed by atoms with Gasteiger partial charge in [0.15, 0.2) is 0 Å². The van der Waals surface area contributed by atoms with Crippen LogP contribution in [0.3, 0.4) is 0 Å². The summed E-state index contributed by atoms with van der Waals surface area (Å²) in [6.07, 6.45) is 6.19. The van der Waals surface area contributed by atoms with Gasteiger partial charge in [0.2, 0.25) is 0 Å². The molecule has 0 N–H and O–H groups in total. The van der Waals surface area contributed by atoms with E-state index in [1.165, 1.54) is 43.4 Å². The van der Waals surface area contributed by atoms with Gasteiger partial charge in [-0.2, -0.15) is 0 Å². The number of fused-ring (bicyclic) bond motifs is 5. The van der Waals surface area contributed by atoms with Gasteiger partial charge >= 0.3 is 0 Å². The van der Waals surface area contributed by atoms with Crippen molar-refractivity contribution in [2.24, 2.45) is 0 Å². The molecular weight excluding hydrogens is 276 g/mol. The maximum Gasteiger partial charge on any atom is -0.00987 e. The fraction of sp³-hybridized carbons (Fsp3) is 0.0435. The third-order valence-corrected chi connectivity index (χ3v) is 4.55. The molecule has 4 aromatic carbocycles. The molecule has 0 unspecified atom stereocenters. The second-order valence-corrected chi connectivity index (χ2v) is 5.82. The van der Waals surface area contributed by atoms with Crippen LogP contribution in [0.4, 0.5) is 0 Å². The molecule has 0 atom stereocenters. The molecule has 0 saturated carbocycles. The first kappa shape index (κ1) is 13.8. The maximum atomic E-state index is 3.95. The summed E-state index contributed by atoms with van der Waals surface area (Å²) >= 11 is 0. The van der Waals surface area contributed by atoms with E-state index in [1.54, 1.807) is 0 Å². The van der Waals surface area contributed by atoms with Crippen LogP contribution in [0, 0.1) is 0 Å². The molecule has 4 aromatic rings. The van der Waals surface area contributed by atoms with Gasteiger partial charge in [-0.1, -0.05) is 85.5 Å². The van der Waals surface area contributed by atoms with Crippen molar-refractivity contribution in [3.63, 3.8) is 0 Å². The Morgan fingerprint density at radius 2 is 1.35 bits per heavy atom. The van der Waals surface area contributed by atoms with Crippen LogP contribution in [0.1, 0.15) is 18.1 Å². The minimum absolute atomic E-state index is 1.18. The summed E-state index contributed by atoms with van der Waals surface area (Å²) in [5.41, 5.74) is 2.42. The quantitative estimate of drug-likeness (QED) is 0.356. The first-order chi connectivity index (χ1) is 11.3. The minimum Gasteiger partial charge on any atom is -0.0984 e. The van der Waals surface area contributed by atoms with E-state index in [2.05, 4.69) is 86.3 Å². The molecule has 0 aliphatic rings. The zero-order valence-corrected chi connectivity index (χ0v) is 13.2. The fourth-order valence-corrected chi connectivity index (χ4v) is 3.48. The van der Waals surface area contributed by atoms with E-state index in [0.717, 1.165) is 0 Å². The van der Waals surface area contributed by atoms with Crippen LogP contribution < -0.4 is 0 Å². The van der Waals surface area contributed by atoms with Crippen molar-refractivity contribution in [2.75, 3.05) is 0 Å². The summed E-state index contributed by atoms with van der Waals surface area (Å²) in [6.45, 7) is 6.01. The van der Waals surface area contributed by atoms with Crippen molar-refractivity contribution in [1.82, 2.24) is 0 Å². The van der Waals surface area contributed by atoms with Gasteiger partial charge < -0.3 is 0 Å². The molecule has 0 aliphatic heterocycles.